The highest BCUT2D eigenvalue weighted by Gasteiger charge is 2.16. The number of hydrogen-bond donors (Lipinski definition) is 0. The summed E-state index contributed by atoms with van der Waals surface area (Å²) in [5, 5.41) is 3.57. The second-order valence-corrected chi connectivity index (χ2v) is 5.07. The number of anilines is 1. The lowest BCUT2D eigenvalue weighted by Gasteiger charge is -2.16. The Morgan fingerprint density at radius 3 is 2.89 bits per heavy atom. The van der Waals surface area contributed by atoms with Crippen LogP contribution >= 0.6 is 11.8 Å². The molecule has 1 aliphatic heterocycles. The van der Waals surface area contributed by atoms with E-state index >= 15 is 0 Å². The molecule has 2 nitrogen and oxygen atoms in total. The Bertz CT molecular complexity index is 589. The number of rotatable bonds is 3. The maximum Gasteiger partial charge on any atom is 0.171 e. The minimum atomic E-state index is 0.724. The highest BCUT2D eigenvalue weighted by Crippen LogP contribution is 2.34. The number of ether oxygens (including phenoxy) is 1. The van der Waals surface area contributed by atoms with Crippen molar-refractivity contribution in [2.45, 2.75) is 6.92 Å². The Kier molecular flexibility index (Phi) is 3.15. The Morgan fingerprint density at radius 2 is 2.00 bits per heavy atom. The van der Waals surface area contributed by atoms with E-state index in [1.54, 1.807) is 11.8 Å². The molecule has 92 valence electrons. The fourth-order valence-electron chi connectivity index (χ4n) is 2.15. The molecule has 0 aromatic heterocycles. The van der Waals surface area contributed by atoms with Crippen molar-refractivity contribution in [1.29, 1.82) is 0 Å². The lowest BCUT2D eigenvalue weighted by molar-refractivity contribution is 0.258. The first-order chi connectivity index (χ1) is 8.88. The summed E-state index contributed by atoms with van der Waals surface area (Å²) in [6.45, 7) is 2.74. The second-order valence-electron chi connectivity index (χ2n) is 4.12. The van der Waals surface area contributed by atoms with Gasteiger partial charge in [0.2, 0.25) is 0 Å². The molecule has 0 aliphatic carbocycles. The van der Waals surface area contributed by atoms with Gasteiger partial charge < -0.3 is 9.64 Å². The molecule has 0 radical (unpaired) electrons. The van der Waals surface area contributed by atoms with E-state index in [1.807, 2.05) is 6.92 Å². The summed E-state index contributed by atoms with van der Waals surface area (Å²) in [4.78, 5) is 2.25. The summed E-state index contributed by atoms with van der Waals surface area (Å²) in [7, 11) is 0. The van der Waals surface area contributed by atoms with E-state index in [2.05, 4.69) is 53.6 Å². The molecule has 0 saturated carbocycles. The number of fused-ring (bicyclic) bond motifs is 1. The summed E-state index contributed by atoms with van der Waals surface area (Å²) in [6.07, 6.45) is 2.09. The first kappa shape index (κ1) is 11.5. The fraction of sp³-hybridized carbons (Fsp3) is 0.200. The molecule has 2 aromatic rings. The van der Waals surface area contributed by atoms with E-state index in [0.717, 1.165) is 17.6 Å². The zero-order valence-electron chi connectivity index (χ0n) is 10.3. The van der Waals surface area contributed by atoms with Gasteiger partial charge in [0.05, 0.1) is 18.7 Å². The van der Waals surface area contributed by atoms with Gasteiger partial charge in [0.25, 0.3) is 0 Å². The summed E-state index contributed by atoms with van der Waals surface area (Å²) >= 11 is 1.74. The van der Waals surface area contributed by atoms with Crippen molar-refractivity contribution in [3.05, 3.63) is 53.8 Å². The third kappa shape index (κ3) is 2.06. The normalized spacial score (nSPS) is 14.9. The van der Waals surface area contributed by atoms with Crippen LogP contribution in [-0.4, -0.2) is 12.5 Å². The number of thioether (sulfide) groups is 1. The van der Waals surface area contributed by atoms with Crippen molar-refractivity contribution in [3.8, 4) is 0 Å². The zero-order valence-corrected chi connectivity index (χ0v) is 11.1. The lowest BCUT2D eigenvalue weighted by Crippen LogP contribution is -2.10. The maximum absolute atomic E-state index is 5.55. The predicted molar refractivity (Wildman–Crippen MR) is 78.6 cm³/mol. The van der Waals surface area contributed by atoms with Crippen molar-refractivity contribution in [1.82, 2.24) is 0 Å². The quantitative estimate of drug-likeness (QED) is 0.818. The molecule has 2 aromatic carbocycles. The van der Waals surface area contributed by atoms with E-state index in [0.29, 0.717) is 0 Å². The fourth-order valence-corrected chi connectivity index (χ4v) is 3.04. The summed E-state index contributed by atoms with van der Waals surface area (Å²) in [5.74, 6) is 0.920. The molecule has 18 heavy (non-hydrogen) atoms. The van der Waals surface area contributed by atoms with Crippen LogP contribution in [0.4, 0.5) is 5.69 Å². The zero-order chi connectivity index (χ0) is 12.4. The van der Waals surface area contributed by atoms with E-state index in [4.69, 9.17) is 4.74 Å². The van der Waals surface area contributed by atoms with Crippen LogP contribution in [0.1, 0.15) is 6.92 Å². The Morgan fingerprint density at radius 1 is 1.17 bits per heavy atom. The Labute approximate surface area is 111 Å². The third-order valence-electron chi connectivity index (χ3n) is 2.97. The van der Waals surface area contributed by atoms with Gasteiger partial charge in [-0.05, 0) is 18.4 Å². The Hall–Kier alpha value is -1.61. The van der Waals surface area contributed by atoms with E-state index in [1.165, 1.54) is 16.5 Å². The number of nitrogens with zero attached hydrogens (tertiary/aromatic N) is 1. The maximum atomic E-state index is 5.55. The van der Waals surface area contributed by atoms with Gasteiger partial charge in [-0.25, -0.2) is 0 Å². The van der Waals surface area contributed by atoms with Crippen LogP contribution in [0.3, 0.4) is 0 Å². The van der Waals surface area contributed by atoms with Gasteiger partial charge in [-0.15, -0.1) is 0 Å². The molecule has 1 aliphatic rings. The highest BCUT2D eigenvalue weighted by molar-refractivity contribution is 8.03. The van der Waals surface area contributed by atoms with Gasteiger partial charge in [-0.1, -0.05) is 48.2 Å². The van der Waals surface area contributed by atoms with Crippen LogP contribution in [0.25, 0.3) is 10.8 Å². The first-order valence-electron chi connectivity index (χ1n) is 6.10. The van der Waals surface area contributed by atoms with Crippen LogP contribution in [0.5, 0.6) is 0 Å². The smallest absolute Gasteiger partial charge is 0.171 e. The number of benzene rings is 2. The molecule has 3 heteroatoms. The molecule has 0 bridgehead atoms. The standard InChI is InChI=1S/C15H15NOS/c1-2-17-15-10-16(11-18-15)14-9-5-7-12-6-3-4-8-13(12)14/h3-10H,2,11H2,1H3. The molecule has 0 fully saturated rings. The average molecular weight is 257 g/mol. The molecular weight excluding hydrogens is 242 g/mol. The van der Waals surface area contributed by atoms with Crippen LogP contribution in [0.2, 0.25) is 0 Å². The SMILES string of the molecule is CCOC1=CN(c2cccc3ccccc23)CS1. The molecule has 0 atom stereocenters. The second kappa shape index (κ2) is 4.94. The molecule has 0 unspecified atom stereocenters. The molecule has 0 saturated heterocycles. The van der Waals surface area contributed by atoms with E-state index < -0.39 is 0 Å². The average Bonchev–Trinajstić information content (AvgIpc) is 2.87. The van der Waals surface area contributed by atoms with Gasteiger partial charge >= 0.3 is 0 Å². The van der Waals surface area contributed by atoms with Gasteiger partial charge in [-0.3, -0.25) is 0 Å². The van der Waals surface area contributed by atoms with Crippen LogP contribution in [0.15, 0.2) is 53.8 Å². The van der Waals surface area contributed by atoms with Gasteiger partial charge in [0.15, 0.2) is 5.09 Å². The largest absolute Gasteiger partial charge is 0.486 e. The van der Waals surface area contributed by atoms with E-state index in [-0.39, 0.29) is 0 Å². The molecule has 0 N–H and O–H groups in total. The lowest BCUT2D eigenvalue weighted by atomic mass is 10.1. The molecule has 0 amide bonds. The summed E-state index contributed by atoms with van der Waals surface area (Å²) < 4.78 is 5.55. The molecular formula is C15H15NOS. The van der Waals surface area contributed by atoms with Crippen LogP contribution in [0, 0.1) is 0 Å². The van der Waals surface area contributed by atoms with Gasteiger partial charge in [0, 0.05) is 11.1 Å². The Balaban J connectivity index is 2.00. The molecule has 1 heterocycles. The topological polar surface area (TPSA) is 12.5 Å². The van der Waals surface area contributed by atoms with E-state index in [9.17, 15) is 0 Å². The van der Waals surface area contributed by atoms with Crippen molar-refractivity contribution in [2.75, 3.05) is 17.4 Å². The van der Waals surface area contributed by atoms with Crippen LogP contribution < -0.4 is 4.90 Å². The monoisotopic (exact) mass is 257 g/mol. The first-order valence-corrected chi connectivity index (χ1v) is 7.09. The van der Waals surface area contributed by atoms with Gasteiger partial charge in [0.1, 0.15) is 0 Å². The molecule has 3 rings (SSSR count). The third-order valence-corrected chi connectivity index (χ3v) is 3.88. The molecule has 0 spiro atoms. The predicted octanol–water partition coefficient (Wildman–Crippen LogP) is 4.19. The van der Waals surface area contributed by atoms with Crippen molar-refractivity contribution >= 4 is 28.2 Å². The minimum absolute atomic E-state index is 0.724. The summed E-state index contributed by atoms with van der Waals surface area (Å²) in [5.41, 5.74) is 1.25. The highest BCUT2D eigenvalue weighted by atomic mass is 32.2. The summed E-state index contributed by atoms with van der Waals surface area (Å²) in [6, 6.07) is 14.9. The van der Waals surface area contributed by atoms with Crippen molar-refractivity contribution in [2.24, 2.45) is 0 Å². The van der Waals surface area contributed by atoms with Gasteiger partial charge in [-0.2, -0.15) is 0 Å². The van der Waals surface area contributed by atoms with Crippen LogP contribution in [-0.2, 0) is 4.74 Å². The van der Waals surface area contributed by atoms with Crippen molar-refractivity contribution < 1.29 is 4.74 Å². The number of hydrogen-bond acceptors (Lipinski definition) is 3. The van der Waals surface area contributed by atoms with Crippen molar-refractivity contribution in [3.63, 3.8) is 0 Å². The minimum Gasteiger partial charge on any atom is -0.486 e.